The second-order valence-electron chi connectivity index (χ2n) is 5.69. The Kier molecular flexibility index (Phi) is 4.61. The molecule has 1 aromatic carbocycles. The van der Waals surface area contributed by atoms with Crippen molar-refractivity contribution >= 4 is 11.3 Å². The predicted octanol–water partition coefficient (Wildman–Crippen LogP) is 4.30. The summed E-state index contributed by atoms with van der Waals surface area (Å²) in [6.07, 6.45) is 6.44. The normalized spacial score (nSPS) is 16.1. The molecule has 1 aliphatic rings. The molecule has 0 saturated carbocycles. The molecule has 3 rings (SSSR count). The van der Waals surface area contributed by atoms with Crippen LogP contribution in [-0.4, -0.2) is 12.2 Å². The summed E-state index contributed by atoms with van der Waals surface area (Å²) in [7, 11) is 1.68. The lowest BCUT2D eigenvalue weighted by atomic mass is 10.0. The number of thiophene rings is 1. The molecular weight excluding hydrogens is 280 g/mol. The van der Waals surface area contributed by atoms with E-state index in [2.05, 4.69) is 6.07 Å². The van der Waals surface area contributed by atoms with E-state index >= 15 is 0 Å². The molecule has 0 aliphatic heterocycles. The van der Waals surface area contributed by atoms with Crippen molar-refractivity contribution in [2.45, 2.75) is 44.6 Å². The van der Waals surface area contributed by atoms with Crippen molar-refractivity contribution in [2.75, 3.05) is 7.11 Å². The van der Waals surface area contributed by atoms with E-state index in [9.17, 15) is 5.11 Å². The smallest absolute Gasteiger partial charge is 0.122 e. The van der Waals surface area contributed by atoms with Gasteiger partial charge in [0, 0.05) is 16.2 Å². The molecule has 0 bridgehead atoms. The van der Waals surface area contributed by atoms with E-state index in [0.717, 1.165) is 16.2 Å². The van der Waals surface area contributed by atoms with Gasteiger partial charge < -0.3 is 9.84 Å². The molecular formula is C18H22O2S. The summed E-state index contributed by atoms with van der Waals surface area (Å²) in [6.45, 7) is 0. The monoisotopic (exact) mass is 302 g/mol. The number of para-hydroxylation sites is 1. The summed E-state index contributed by atoms with van der Waals surface area (Å²) in [5, 5.41) is 10.6. The fourth-order valence-electron chi connectivity index (χ4n) is 3.04. The van der Waals surface area contributed by atoms with Crippen LogP contribution in [-0.2, 0) is 19.3 Å². The highest BCUT2D eigenvalue weighted by atomic mass is 32.1. The molecule has 1 aromatic heterocycles. The first-order chi connectivity index (χ1) is 10.3. The minimum Gasteiger partial charge on any atom is -0.496 e. The van der Waals surface area contributed by atoms with Gasteiger partial charge in [-0.2, -0.15) is 0 Å². The number of aliphatic hydroxyl groups excluding tert-OH is 1. The van der Waals surface area contributed by atoms with Crippen molar-refractivity contribution in [1.82, 2.24) is 0 Å². The third-order valence-corrected chi connectivity index (χ3v) is 5.54. The van der Waals surface area contributed by atoms with Crippen molar-refractivity contribution in [3.8, 4) is 5.75 Å². The summed E-state index contributed by atoms with van der Waals surface area (Å²) in [5.41, 5.74) is 2.53. The average Bonchev–Trinajstić information content (AvgIpc) is 2.79. The molecule has 2 nitrogen and oxygen atoms in total. The Labute approximate surface area is 130 Å². The SMILES string of the molecule is COc1ccccc1CC(O)c1cc2c(s1)CCCCC2. The predicted molar refractivity (Wildman–Crippen MR) is 87.2 cm³/mol. The molecule has 0 spiro atoms. The van der Waals surface area contributed by atoms with Crippen LogP contribution in [0.4, 0.5) is 0 Å². The van der Waals surface area contributed by atoms with Gasteiger partial charge in [-0.05, 0) is 48.9 Å². The van der Waals surface area contributed by atoms with Crippen LogP contribution in [0.15, 0.2) is 30.3 Å². The number of hydrogen-bond acceptors (Lipinski definition) is 3. The zero-order valence-electron chi connectivity index (χ0n) is 12.5. The van der Waals surface area contributed by atoms with E-state index in [4.69, 9.17) is 4.74 Å². The summed E-state index contributed by atoms with van der Waals surface area (Å²) in [5.74, 6) is 0.856. The Bertz CT molecular complexity index is 580. The van der Waals surface area contributed by atoms with Gasteiger partial charge in [0.2, 0.25) is 0 Å². The second-order valence-corrected chi connectivity index (χ2v) is 6.86. The van der Waals surface area contributed by atoms with Crippen molar-refractivity contribution in [3.63, 3.8) is 0 Å². The quantitative estimate of drug-likeness (QED) is 0.853. The van der Waals surface area contributed by atoms with E-state index < -0.39 is 6.10 Å². The summed E-state index contributed by atoms with van der Waals surface area (Å²) in [6, 6.07) is 10.2. The largest absolute Gasteiger partial charge is 0.496 e. The summed E-state index contributed by atoms with van der Waals surface area (Å²) >= 11 is 1.80. The number of rotatable bonds is 4. The average molecular weight is 302 g/mol. The van der Waals surface area contributed by atoms with Gasteiger partial charge in [0.1, 0.15) is 5.75 Å². The Morgan fingerprint density at radius 2 is 2.00 bits per heavy atom. The van der Waals surface area contributed by atoms with Crippen molar-refractivity contribution < 1.29 is 9.84 Å². The van der Waals surface area contributed by atoms with Crippen LogP contribution < -0.4 is 4.74 Å². The van der Waals surface area contributed by atoms with Gasteiger partial charge in [-0.25, -0.2) is 0 Å². The van der Waals surface area contributed by atoms with Crippen LogP contribution in [0.5, 0.6) is 5.75 Å². The molecule has 3 heteroatoms. The fraction of sp³-hybridized carbons (Fsp3) is 0.444. The van der Waals surface area contributed by atoms with Crippen LogP contribution in [0.3, 0.4) is 0 Å². The minimum absolute atomic E-state index is 0.432. The van der Waals surface area contributed by atoms with Gasteiger partial charge in [-0.3, -0.25) is 0 Å². The van der Waals surface area contributed by atoms with Crippen molar-refractivity contribution in [3.05, 3.63) is 51.2 Å². The molecule has 1 heterocycles. The van der Waals surface area contributed by atoms with Gasteiger partial charge >= 0.3 is 0 Å². The van der Waals surface area contributed by atoms with Gasteiger partial charge in [0.05, 0.1) is 13.2 Å². The number of aliphatic hydroxyl groups is 1. The molecule has 1 aliphatic carbocycles. The molecule has 1 N–H and O–H groups in total. The van der Waals surface area contributed by atoms with Gasteiger partial charge in [-0.1, -0.05) is 24.6 Å². The highest BCUT2D eigenvalue weighted by molar-refractivity contribution is 7.12. The molecule has 0 saturated heterocycles. The Balaban J connectivity index is 1.77. The number of methoxy groups -OCH3 is 1. The number of aryl methyl sites for hydroxylation is 2. The first kappa shape index (κ1) is 14.6. The van der Waals surface area contributed by atoms with E-state index in [1.54, 1.807) is 18.4 Å². The van der Waals surface area contributed by atoms with Crippen LogP contribution >= 0.6 is 11.3 Å². The Hall–Kier alpha value is -1.32. The highest BCUT2D eigenvalue weighted by Crippen LogP contribution is 2.34. The third-order valence-electron chi connectivity index (χ3n) is 4.20. The first-order valence-corrected chi connectivity index (χ1v) is 8.51. The number of benzene rings is 1. The van der Waals surface area contributed by atoms with Gasteiger partial charge in [-0.15, -0.1) is 11.3 Å². The maximum atomic E-state index is 10.6. The van der Waals surface area contributed by atoms with E-state index in [-0.39, 0.29) is 0 Å². The second kappa shape index (κ2) is 6.63. The van der Waals surface area contributed by atoms with Gasteiger partial charge in [0.25, 0.3) is 0 Å². The lowest BCUT2D eigenvalue weighted by Gasteiger charge is -2.12. The fourth-order valence-corrected chi connectivity index (χ4v) is 4.28. The molecule has 0 fully saturated rings. The molecule has 2 aromatic rings. The van der Waals surface area contributed by atoms with Crippen LogP contribution in [0.1, 0.15) is 46.2 Å². The molecule has 1 unspecified atom stereocenters. The first-order valence-electron chi connectivity index (χ1n) is 7.69. The molecule has 21 heavy (non-hydrogen) atoms. The molecule has 0 amide bonds. The zero-order chi connectivity index (χ0) is 14.7. The maximum absolute atomic E-state index is 10.6. The van der Waals surface area contributed by atoms with Crippen LogP contribution in [0.2, 0.25) is 0 Å². The topological polar surface area (TPSA) is 29.5 Å². The van der Waals surface area contributed by atoms with E-state index in [1.807, 2.05) is 24.3 Å². The number of ether oxygens (including phenoxy) is 1. The minimum atomic E-state index is -0.432. The molecule has 1 atom stereocenters. The highest BCUT2D eigenvalue weighted by Gasteiger charge is 2.18. The third kappa shape index (κ3) is 3.30. The summed E-state index contributed by atoms with van der Waals surface area (Å²) < 4.78 is 5.37. The van der Waals surface area contributed by atoms with Crippen molar-refractivity contribution in [2.24, 2.45) is 0 Å². The number of fused-ring (bicyclic) bond motifs is 1. The lowest BCUT2D eigenvalue weighted by molar-refractivity contribution is 0.181. The Morgan fingerprint density at radius 1 is 1.19 bits per heavy atom. The van der Waals surface area contributed by atoms with Crippen LogP contribution in [0, 0.1) is 0 Å². The van der Waals surface area contributed by atoms with Crippen molar-refractivity contribution in [1.29, 1.82) is 0 Å². The number of hydrogen-bond donors (Lipinski definition) is 1. The molecule has 0 radical (unpaired) electrons. The maximum Gasteiger partial charge on any atom is 0.122 e. The van der Waals surface area contributed by atoms with Gasteiger partial charge in [0.15, 0.2) is 0 Å². The standard InChI is InChI=1S/C18H22O2S/c1-20-16-9-6-5-7-13(16)11-15(19)18-12-14-8-3-2-4-10-17(14)21-18/h5-7,9,12,15,19H,2-4,8,10-11H2,1H3. The van der Waals surface area contributed by atoms with E-state index in [1.165, 1.54) is 42.5 Å². The van der Waals surface area contributed by atoms with E-state index in [0.29, 0.717) is 6.42 Å². The Morgan fingerprint density at radius 3 is 2.86 bits per heavy atom. The molecule has 112 valence electrons. The zero-order valence-corrected chi connectivity index (χ0v) is 13.3. The lowest BCUT2D eigenvalue weighted by Crippen LogP contribution is -2.01. The van der Waals surface area contributed by atoms with Crippen LogP contribution in [0.25, 0.3) is 0 Å². The summed E-state index contributed by atoms with van der Waals surface area (Å²) in [4.78, 5) is 2.59.